The number of nitrogens with zero attached hydrogens (tertiary/aromatic N) is 1. The first-order valence-corrected chi connectivity index (χ1v) is 9.09. The van der Waals surface area contributed by atoms with Gasteiger partial charge in [0.1, 0.15) is 11.5 Å². The maximum atomic E-state index is 10.6. The van der Waals surface area contributed by atoms with Crippen molar-refractivity contribution in [2.75, 3.05) is 46.4 Å². The van der Waals surface area contributed by atoms with Gasteiger partial charge in [-0.15, -0.1) is 0 Å². The Morgan fingerprint density at radius 3 is 2.54 bits per heavy atom. The Hall–Kier alpha value is -1.30. The number of β-amino-alcohol motifs (C(OH)–C–C–N with tert-alkyl or cyclic N) is 1. The van der Waals surface area contributed by atoms with Gasteiger partial charge in [0.05, 0.1) is 19.3 Å². The Morgan fingerprint density at radius 2 is 1.92 bits per heavy atom. The van der Waals surface area contributed by atoms with Gasteiger partial charge >= 0.3 is 0 Å². The lowest BCUT2D eigenvalue weighted by Crippen LogP contribution is -2.54. The summed E-state index contributed by atoms with van der Waals surface area (Å²) in [7, 11) is 1.67. The highest BCUT2D eigenvalue weighted by Gasteiger charge is 2.32. The molecule has 0 unspecified atom stereocenters. The van der Waals surface area contributed by atoms with Gasteiger partial charge in [-0.05, 0) is 75.5 Å². The first kappa shape index (κ1) is 17.5. The van der Waals surface area contributed by atoms with Crippen LogP contribution in [0.15, 0.2) is 24.3 Å². The first-order valence-electron chi connectivity index (χ1n) is 9.09. The molecule has 0 radical (unpaired) electrons. The van der Waals surface area contributed by atoms with Crippen LogP contribution in [0.4, 0.5) is 0 Å². The number of nitrogens with one attached hydrogen (secondary N) is 1. The highest BCUT2D eigenvalue weighted by Crippen LogP contribution is 2.24. The van der Waals surface area contributed by atoms with Crippen LogP contribution in [-0.2, 0) is 0 Å². The van der Waals surface area contributed by atoms with Crippen molar-refractivity contribution in [2.24, 2.45) is 5.92 Å². The number of ether oxygens (including phenoxy) is 2. The molecule has 5 heteroatoms. The average molecular weight is 334 g/mol. The zero-order chi connectivity index (χ0) is 16.8. The second-order valence-electron chi connectivity index (χ2n) is 7.21. The molecular formula is C19H30N2O3. The van der Waals surface area contributed by atoms with Gasteiger partial charge in [0, 0.05) is 13.1 Å². The summed E-state index contributed by atoms with van der Waals surface area (Å²) in [5.41, 5.74) is -0.537. The molecule has 0 amide bonds. The Labute approximate surface area is 144 Å². The van der Waals surface area contributed by atoms with Crippen molar-refractivity contribution in [1.29, 1.82) is 0 Å². The lowest BCUT2D eigenvalue weighted by atomic mass is 9.91. The molecule has 0 aliphatic carbocycles. The van der Waals surface area contributed by atoms with Crippen molar-refractivity contribution in [1.82, 2.24) is 10.2 Å². The molecule has 2 aliphatic rings. The minimum atomic E-state index is -0.537. The third-order valence-electron chi connectivity index (χ3n) is 5.22. The lowest BCUT2D eigenvalue weighted by molar-refractivity contribution is -0.0238. The Morgan fingerprint density at radius 1 is 1.21 bits per heavy atom. The number of likely N-dealkylation sites (tertiary alicyclic amines) is 1. The summed E-state index contributed by atoms with van der Waals surface area (Å²) in [6, 6.07) is 7.77. The largest absolute Gasteiger partial charge is 0.497 e. The second kappa shape index (κ2) is 8.19. The lowest BCUT2D eigenvalue weighted by Gasteiger charge is -2.40. The second-order valence-corrected chi connectivity index (χ2v) is 7.21. The molecule has 2 saturated heterocycles. The van der Waals surface area contributed by atoms with Crippen LogP contribution in [0.25, 0.3) is 0 Å². The average Bonchev–Trinajstić information content (AvgIpc) is 2.62. The van der Waals surface area contributed by atoms with Gasteiger partial charge in [0.25, 0.3) is 0 Å². The minimum absolute atomic E-state index is 0.537. The maximum Gasteiger partial charge on any atom is 0.119 e. The zero-order valence-corrected chi connectivity index (χ0v) is 14.7. The highest BCUT2D eigenvalue weighted by molar-refractivity contribution is 5.31. The fourth-order valence-corrected chi connectivity index (χ4v) is 3.70. The number of hydrogen-bond acceptors (Lipinski definition) is 5. The molecule has 5 nitrogen and oxygen atoms in total. The molecule has 2 fully saturated rings. The van der Waals surface area contributed by atoms with E-state index in [4.69, 9.17) is 9.47 Å². The van der Waals surface area contributed by atoms with E-state index >= 15 is 0 Å². The normalized spacial score (nSPS) is 26.2. The van der Waals surface area contributed by atoms with E-state index in [1.807, 2.05) is 24.3 Å². The molecule has 1 aromatic rings. The number of benzene rings is 1. The van der Waals surface area contributed by atoms with E-state index in [1.54, 1.807) is 7.11 Å². The van der Waals surface area contributed by atoms with E-state index in [1.165, 1.54) is 0 Å². The summed E-state index contributed by atoms with van der Waals surface area (Å²) in [6.07, 6.45) is 4.27. The predicted octanol–water partition coefficient (Wildman–Crippen LogP) is 1.90. The fraction of sp³-hybridized carbons (Fsp3) is 0.684. The summed E-state index contributed by atoms with van der Waals surface area (Å²) < 4.78 is 11.1. The monoisotopic (exact) mass is 334 g/mol. The summed E-state index contributed by atoms with van der Waals surface area (Å²) in [5.74, 6) is 2.36. The van der Waals surface area contributed by atoms with Gasteiger partial charge in [-0.2, -0.15) is 0 Å². The molecule has 0 spiro atoms. The van der Waals surface area contributed by atoms with E-state index in [0.717, 1.165) is 76.5 Å². The fourth-order valence-electron chi connectivity index (χ4n) is 3.70. The summed E-state index contributed by atoms with van der Waals surface area (Å²) in [6.45, 7) is 5.44. The van der Waals surface area contributed by atoms with Gasteiger partial charge < -0.3 is 24.8 Å². The van der Waals surface area contributed by atoms with E-state index in [0.29, 0.717) is 5.92 Å². The van der Waals surface area contributed by atoms with Gasteiger partial charge in [0.2, 0.25) is 0 Å². The molecule has 2 heterocycles. The highest BCUT2D eigenvalue weighted by atomic mass is 16.5. The van der Waals surface area contributed by atoms with Crippen molar-refractivity contribution in [3.63, 3.8) is 0 Å². The van der Waals surface area contributed by atoms with Crippen molar-refractivity contribution < 1.29 is 14.6 Å². The van der Waals surface area contributed by atoms with Crippen molar-refractivity contribution in [3.05, 3.63) is 24.3 Å². The van der Waals surface area contributed by atoms with E-state index in [2.05, 4.69) is 10.2 Å². The first-order chi connectivity index (χ1) is 11.7. The number of aliphatic hydroxyl groups is 1. The minimum Gasteiger partial charge on any atom is -0.497 e. The third kappa shape index (κ3) is 4.85. The summed E-state index contributed by atoms with van der Waals surface area (Å²) in [5, 5.41) is 14.0. The van der Waals surface area contributed by atoms with Crippen LogP contribution in [0.2, 0.25) is 0 Å². The van der Waals surface area contributed by atoms with Crippen LogP contribution in [0, 0.1) is 5.92 Å². The molecule has 1 aromatic carbocycles. The number of methoxy groups -OCH3 is 1. The molecule has 134 valence electrons. The van der Waals surface area contributed by atoms with Crippen LogP contribution in [-0.4, -0.2) is 62.0 Å². The Bertz CT molecular complexity index is 492. The Kier molecular flexibility index (Phi) is 5.98. The SMILES string of the molecule is COc1ccc(OCC2CCN(C[C@]3(O)CCCNC3)CC2)cc1. The van der Waals surface area contributed by atoms with Crippen molar-refractivity contribution in [3.8, 4) is 11.5 Å². The molecule has 1 atom stereocenters. The van der Waals surface area contributed by atoms with E-state index in [9.17, 15) is 5.11 Å². The van der Waals surface area contributed by atoms with Gasteiger partial charge in [0.15, 0.2) is 0 Å². The maximum absolute atomic E-state index is 10.6. The summed E-state index contributed by atoms with van der Waals surface area (Å²) >= 11 is 0. The molecule has 0 saturated carbocycles. The van der Waals surface area contributed by atoms with Crippen molar-refractivity contribution >= 4 is 0 Å². The van der Waals surface area contributed by atoms with Gasteiger partial charge in [-0.3, -0.25) is 0 Å². The standard InChI is InChI=1S/C19H30N2O3/c1-23-17-3-5-18(6-4-17)24-13-16-7-11-21(12-8-16)15-19(22)9-2-10-20-14-19/h3-6,16,20,22H,2,7-15H2,1H3/t19-/m0/s1. The molecule has 2 N–H and O–H groups in total. The molecule has 24 heavy (non-hydrogen) atoms. The van der Waals surface area contributed by atoms with Crippen LogP contribution in [0.1, 0.15) is 25.7 Å². The smallest absolute Gasteiger partial charge is 0.119 e. The number of hydrogen-bond donors (Lipinski definition) is 2. The third-order valence-corrected chi connectivity index (χ3v) is 5.22. The van der Waals surface area contributed by atoms with E-state index < -0.39 is 5.60 Å². The van der Waals surface area contributed by atoms with Crippen LogP contribution in [0.3, 0.4) is 0 Å². The molecule has 3 rings (SSSR count). The molecular weight excluding hydrogens is 304 g/mol. The van der Waals surface area contributed by atoms with Crippen LogP contribution >= 0.6 is 0 Å². The molecule has 0 aromatic heterocycles. The Balaban J connectivity index is 1.38. The number of rotatable bonds is 6. The van der Waals surface area contributed by atoms with Crippen LogP contribution in [0.5, 0.6) is 11.5 Å². The topological polar surface area (TPSA) is 54.0 Å². The van der Waals surface area contributed by atoms with E-state index in [-0.39, 0.29) is 0 Å². The van der Waals surface area contributed by atoms with Crippen molar-refractivity contribution in [2.45, 2.75) is 31.3 Å². The van der Waals surface area contributed by atoms with Gasteiger partial charge in [-0.25, -0.2) is 0 Å². The van der Waals surface area contributed by atoms with Crippen LogP contribution < -0.4 is 14.8 Å². The molecule has 2 aliphatic heterocycles. The van der Waals surface area contributed by atoms with Gasteiger partial charge in [-0.1, -0.05) is 0 Å². The quantitative estimate of drug-likeness (QED) is 0.832. The molecule has 0 bridgehead atoms. The number of piperidine rings is 2. The summed E-state index contributed by atoms with van der Waals surface area (Å²) in [4.78, 5) is 2.41. The zero-order valence-electron chi connectivity index (χ0n) is 14.7. The predicted molar refractivity (Wildman–Crippen MR) is 94.7 cm³/mol.